The average molecular weight is 486 g/mol. The van der Waals surface area contributed by atoms with Gasteiger partial charge < -0.3 is 20.1 Å². The molecule has 3 N–H and O–H groups in total. The minimum atomic E-state index is -1.30. The van der Waals surface area contributed by atoms with Crippen LogP contribution >= 0.6 is 35.0 Å². The quantitative estimate of drug-likeness (QED) is 0.275. The average Bonchev–Trinajstić information content (AvgIpc) is 3.23. The zero-order chi connectivity index (χ0) is 22.3. The van der Waals surface area contributed by atoms with Crippen LogP contribution in [0.3, 0.4) is 0 Å². The minimum Gasteiger partial charge on any atom is -0.394 e. The fourth-order valence-electron chi connectivity index (χ4n) is 3.37. The summed E-state index contributed by atoms with van der Waals surface area (Å²) in [6.07, 6.45) is -4.54. The van der Waals surface area contributed by atoms with Crippen molar-refractivity contribution in [1.29, 1.82) is 0 Å². The molecule has 2 heterocycles. The summed E-state index contributed by atoms with van der Waals surface area (Å²) >= 11 is 13.6. The summed E-state index contributed by atoms with van der Waals surface area (Å²) in [4.78, 5) is 14.9. The number of halogens is 2. The van der Waals surface area contributed by atoms with E-state index in [1.54, 1.807) is 28.8 Å². The number of hydrogen-bond acceptors (Lipinski definition) is 8. The molecule has 0 aliphatic carbocycles. The van der Waals surface area contributed by atoms with Crippen molar-refractivity contribution < 1.29 is 25.0 Å². The number of rotatable bonds is 6. The van der Waals surface area contributed by atoms with Gasteiger partial charge in [0.25, 0.3) is 5.69 Å². The highest BCUT2D eigenvalue weighted by Gasteiger charge is 2.44. The molecule has 31 heavy (non-hydrogen) atoms. The minimum absolute atomic E-state index is 0.00298. The molecule has 0 saturated carbocycles. The van der Waals surface area contributed by atoms with Gasteiger partial charge in [0, 0.05) is 17.9 Å². The maximum Gasteiger partial charge on any atom is 0.269 e. The van der Waals surface area contributed by atoms with Gasteiger partial charge in [0.1, 0.15) is 18.3 Å². The molecular weight excluding hydrogens is 469 g/mol. The van der Waals surface area contributed by atoms with E-state index in [1.165, 1.54) is 23.9 Å². The Morgan fingerprint density at radius 1 is 1.16 bits per heavy atom. The number of nitro groups is 1. The van der Waals surface area contributed by atoms with Crippen molar-refractivity contribution >= 4 is 51.7 Å². The first kappa shape index (κ1) is 22.3. The summed E-state index contributed by atoms with van der Waals surface area (Å²) in [6, 6.07) is 9.33. The van der Waals surface area contributed by atoms with Crippen LogP contribution < -0.4 is 0 Å². The van der Waals surface area contributed by atoms with Crippen LogP contribution in [0.25, 0.3) is 11.0 Å². The van der Waals surface area contributed by atoms with Crippen LogP contribution in [-0.2, 0) is 10.5 Å². The van der Waals surface area contributed by atoms with Gasteiger partial charge in [0.2, 0.25) is 0 Å². The second-order valence-electron chi connectivity index (χ2n) is 6.96. The van der Waals surface area contributed by atoms with E-state index >= 15 is 0 Å². The second-order valence-corrected chi connectivity index (χ2v) is 8.72. The van der Waals surface area contributed by atoms with Crippen molar-refractivity contribution in [3.05, 3.63) is 62.1 Å². The molecule has 12 heteroatoms. The molecular formula is C19H17Cl2N3O6S. The Bertz CT molecular complexity index is 1130. The highest BCUT2D eigenvalue weighted by molar-refractivity contribution is 7.98. The first-order valence-electron chi connectivity index (χ1n) is 9.15. The normalized spacial score (nSPS) is 23.5. The van der Waals surface area contributed by atoms with Gasteiger partial charge in [-0.2, -0.15) is 0 Å². The Balaban J connectivity index is 1.70. The van der Waals surface area contributed by atoms with Crippen molar-refractivity contribution in [3.8, 4) is 0 Å². The predicted octanol–water partition coefficient (Wildman–Crippen LogP) is 3.16. The number of aliphatic hydroxyl groups is 3. The Hall–Kier alpha value is -1.92. The fourth-order valence-corrected chi connectivity index (χ4v) is 4.68. The van der Waals surface area contributed by atoms with Crippen LogP contribution in [0.4, 0.5) is 5.69 Å². The zero-order valence-electron chi connectivity index (χ0n) is 15.8. The molecule has 0 radical (unpaired) electrons. The number of ether oxygens (including phenoxy) is 1. The number of aliphatic hydroxyl groups excluding tert-OH is 3. The van der Waals surface area contributed by atoms with Gasteiger partial charge in [0.05, 0.1) is 32.6 Å². The zero-order valence-corrected chi connectivity index (χ0v) is 18.1. The largest absolute Gasteiger partial charge is 0.394 e. The van der Waals surface area contributed by atoms with Gasteiger partial charge in [-0.15, -0.1) is 0 Å². The molecule has 2 aromatic carbocycles. The summed E-state index contributed by atoms with van der Waals surface area (Å²) in [6.45, 7) is -0.459. The molecule has 1 unspecified atom stereocenters. The van der Waals surface area contributed by atoms with Crippen LogP contribution in [0, 0.1) is 10.1 Å². The molecule has 164 valence electrons. The maximum atomic E-state index is 10.8. The molecule has 1 aliphatic rings. The van der Waals surface area contributed by atoms with Gasteiger partial charge in [-0.25, -0.2) is 4.98 Å². The van der Waals surface area contributed by atoms with Crippen molar-refractivity contribution in [2.75, 3.05) is 6.61 Å². The molecule has 1 aliphatic heterocycles. The van der Waals surface area contributed by atoms with Crippen molar-refractivity contribution in [1.82, 2.24) is 9.55 Å². The van der Waals surface area contributed by atoms with Crippen LogP contribution in [0.5, 0.6) is 0 Å². The number of benzene rings is 2. The van der Waals surface area contributed by atoms with E-state index in [0.717, 1.165) is 5.56 Å². The number of hydrogen-bond donors (Lipinski definition) is 3. The van der Waals surface area contributed by atoms with Crippen molar-refractivity contribution in [2.45, 2.75) is 35.4 Å². The lowest BCUT2D eigenvalue weighted by Crippen LogP contribution is -2.33. The third-order valence-corrected chi connectivity index (χ3v) is 6.73. The van der Waals surface area contributed by atoms with Gasteiger partial charge >= 0.3 is 0 Å². The summed E-state index contributed by atoms with van der Waals surface area (Å²) in [5, 5.41) is 42.1. The van der Waals surface area contributed by atoms with E-state index in [9.17, 15) is 25.4 Å². The van der Waals surface area contributed by atoms with Crippen molar-refractivity contribution in [2.24, 2.45) is 0 Å². The Morgan fingerprint density at radius 3 is 2.45 bits per heavy atom. The topological polar surface area (TPSA) is 131 Å². The fraction of sp³-hybridized carbons (Fsp3) is 0.316. The van der Waals surface area contributed by atoms with Gasteiger partial charge in [-0.05, 0) is 17.7 Å². The number of non-ortho nitro benzene ring substituents is 1. The summed E-state index contributed by atoms with van der Waals surface area (Å²) in [7, 11) is 0. The van der Waals surface area contributed by atoms with E-state index in [4.69, 9.17) is 27.9 Å². The van der Waals surface area contributed by atoms with Gasteiger partial charge in [-0.1, -0.05) is 47.1 Å². The van der Waals surface area contributed by atoms with Crippen LogP contribution in [0.15, 0.2) is 41.6 Å². The second kappa shape index (κ2) is 8.91. The molecule has 3 aromatic rings. The summed E-state index contributed by atoms with van der Waals surface area (Å²) in [5.41, 5.74) is 1.87. The molecule has 0 bridgehead atoms. The smallest absolute Gasteiger partial charge is 0.269 e. The van der Waals surface area contributed by atoms with E-state index in [-0.39, 0.29) is 10.7 Å². The van der Waals surface area contributed by atoms with E-state index in [2.05, 4.69) is 4.98 Å². The first-order chi connectivity index (χ1) is 14.8. The standard InChI is InChI=1S/C19H17Cl2N3O6S/c20-11-5-13-14(6-12(11)21)23(18-17(27)16(26)15(7-25)30-18)19(22-13)31-8-9-1-3-10(4-2-9)24(28)29/h1-6,15-18,25-27H,7-8H2/t15-,16-,17-,18?/m1/s1. The van der Waals surface area contributed by atoms with E-state index in [0.29, 0.717) is 27.0 Å². The molecule has 1 saturated heterocycles. The number of nitrogens with zero attached hydrogens (tertiary/aromatic N) is 3. The monoisotopic (exact) mass is 485 g/mol. The highest BCUT2D eigenvalue weighted by Crippen LogP contribution is 2.39. The summed E-state index contributed by atoms with van der Waals surface area (Å²) < 4.78 is 7.31. The Labute approximate surface area is 190 Å². The number of nitro benzene ring substituents is 1. The highest BCUT2D eigenvalue weighted by atomic mass is 35.5. The molecule has 1 aromatic heterocycles. The number of fused-ring (bicyclic) bond motifs is 1. The van der Waals surface area contributed by atoms with Gasteiger partial charge in [0.15, 0.2) is 11.4 Å². The van der Waals surface area contributed by atoms with Crippen LogP contribution in [0.1, 0.15) is 11.8 Å². The summed E-state index contributed by atoms with van der Waals surface area (Å²) in [5.74, 6) is 0.428. The maximum absolute atomic E-state index is 10.8. The number of aromatic nitrogens is 2. The van der Waals surface area contributed by atoms with Crippen molar-refractivity contribution in [3.63, 3.8) is 0 Å². The third kappa shape index (κ3) is 4.24. The molecule has 4 rings (SSSR count). The molecule has 0 amide bonds. The predicted molar refractivity (Wildman–Crippen MR) is 115 cm³/mol. The number of imidazole rings is 1. The molecule has 9 nitrogen and oxygen atoms in total. The Kier molecular flexibility index (Phi) is 6.40. The molecule has 4 atom stereocenters. The van der Waals surface area contributed by atoms with E-state index < -0.39 is 36.1 Å². The first-order valence-corrected chi connectivity index (χ1v) is 10.9. The Morgan fingerprint density at radius 2 is 1.84 bits per heavy atom. The van der Waals surface area contributed by atoms with Crippen LogP contribution in [0.2, 0.25) is 10.0 Å². The lowest BCUT2D eigenvalue weighted by Gasteiger charge is -2.20. The van der Waals surface area contributed by atoms with E-state index in [1.807, 2.05) is 0 Å². The third-order valence-electron chi connectivity index (χ3n) is 4.99. The SMILES string of the molecule is O=[N+]([O-])c1ccc(CSc2nc3cc(Cl)c(Cl)cc3n2C2O[C@H](CO)[C@@H](O)[C@H]2O)cc1. The lowest BCUT2D eigenvalue weighted by atomic mass is 10.1. The van der Waals surface area contributed by atoms with Crippen LogP contribution in [-0.4, -0.2) is 54.7 Å². The van der Waals surface area contributed by atoms with Gasteiger partial charge in [-0.3, -0.25) is 14.7 Å². The molecule has 1 fully saturated rings. The molecule has 0 spiro atoms. The lowest BCUT2D eigenvalue weighted by molar-refractivity contribution is -0.384. The number of thioether (sulfide) groups is 1.